The maximum Gasteiger partial charge on any atom is 0.0945 e. The highest BCUT2D eigenvalue weighted by atomic mass is 14.9. The molecule has 1 aliphatic rings. The Kier molecular flexibility index (Phi) is 6.79. The van der Waals surface area contributed by atoms with Crippen molar-refractivity contribution in [2.24, 2.45) is 0 Å². The van der Waals surface area contributed by atoms with E-state index in [1.165, 1.54) is 16.7 Å². The third-order valence-electron chi connectivity index (χ3n) is 9.50. The summed E-state index contributed by atoms with van der Waals surface area (Å²) in [6, 6.07) is 45.5. The van der Waals surface area contributed by atoms with Gasteiger partial charge in [0.1, 0.15) is 0 Å². The van der Waals surface area contributed by atoms with Gasteiger partial charge in [-0.1, -0.05) is 110 Å². The van der Waals surface area contributed by atoms with Crippen LogP contribution in [-0.2, 0) is 6.42 Å². The molecular weight excluding hydrogens is 585 g/mol. The fraction of sp³-hybridized carbons (Fsp3) is 0.0682. The number of nitrogens with one attached hydrogen (secondary N) is 1. The average Bonchev–Trinajstić information content (AvgIpc) is 3.17. The molecule has 0 amide bonds. The lowest BCUT2D eigenvalue weighted by atomic mass is 9.96. The summed E-state index contributed by atoms with van der Waals surface area (Å²) in [5, 5.41) is 6.90. The van der Waals surface area contributed by atoms with Gasteiger partial charge in [0.2, 0.25) is 0 Å². The number of anilines is 1. The first-order valence-electron chi connectivity index (χ1n) is 16.5. The molecule has 0 spiro atoms. The zero-order valence-electron chi connectivity index (χ0n) is 26.6. The molecule has 0 saturated heterocycles. The molecule has 3 aromatic heterocycles. The predicted molar refractivity (Wildman–Crippen MR) is 201 cm³/mol. The quantitative estimate of drug-likeness (QED) is 0.209. The third-order valence-corrected chi connectivity index (χ3v) is 9.50. The van der Waals surface area contributed by atoms with Gasteiger partial charge in [0, 0.05) is 40.0 Å². The Morgan fingerprint density at radius 2 is 1.25 bits per heavy atom. The van der Waals surface area contributed by atoms with Crippen LogP contribution in [-0.4, -0.2) is 21.5 Å². The highest BCUT2D eigenvalue weighted by Crippen LogP contribution is 2.36. The first-order chi connectivity index (χ1) is 23.7. The second-order valence-corrected chi connectivity index (χ2v) is 12.4. The number of nitrogens with zero attached hydrogens (tertiary/aromatic N) is 3. The molecule has 9 rings (SSSR count). The normalized spacial score (nSPS) is 12.4. The molecular formula is C44H32N4. The minimum absolute atomic E-state index is 0.823. The molecule has 0 saturated carbocycles. The predicted octanol–water partition coefficient (Wildman–Crippen LogP) is 11.0. The maximum atomic E-state index is 5.05. The summed E-state index contributed by atoms with van der Waals surface area (Å²) in [7, 11) is 0. The van der Waals surface area contributed by atoms with Gasteiger partial charge in [0.15, 0.2) is 0 Å². The van der Waals surface area contributed by atoms with Crippen molar-refractivity contribution in [1.29, 1.82) is 0 Å². The summed E-state index contributed by atoms with van der Waals surface area (Å²) in [5.41, 5.74) is 15.4. The minimum atomic E-state index is 0.823. The summed E-state index contributed by atoms with van der Waals surface area (Å²) < 4.78 is 0. The van der Waals surface area contributed by atoms with Crippen molar-refractivity contribution in [2.45, 2.75) is 13.3 Å². The second-order valence-electron chi connectivity index (χ2n) is 12.4. The van der Waals surface area contributed by atoms with Crippen molar-refractivity contribution in [2.75, 3.05) is 11.9 Å². The van der Waals surface area contributed by atoms with Crippen molar-refractivity contribution in [3.8, 4) is 44.8 Å². The molecule has 0 radical (unpaired) electrons. The van der Waals surface area contributed by atoms with E-state index in [0.29, 0.717) is 0 Å². The van der Waals surface area contributed by atoms with E-state index in [4.69, 9.17) is 15.0 Å². The van der Waals surface area contributed by atoms with Gasteiger partial charge >= 0.3 is 0 Å². The van der Waals surface area contributed by atoms with Gasteiger partial charge < -0.3 is 5.32 Å². The van der Waals surface area contributed by atoms with Gasteiger partial charge in [-0.3, -0.25) is 4.98 Å². The average molecular weight is 617 g/mol. The summed E-state index contributed by atoms with van der Waals surface area (Å²) in [6.45, 7) is 3.00. The highest BCUT2D eigenvalue weighted by Gasteiger charge is 2.13. The largest absolute Gasteiger partial charge is 0.379 e. The lowest BCUT2D eigenvalue weighted by Crippen LogP contribution is -2.05. The Balaban J connectivity index is 0.999. The zero-order chi connectivity index (χ0) is 32.0. The van der Waals surface area contributed by atoms with Crippen LogP contribution < -0.4 is 5.32 Å². The van der Waals surface area contributed by atoms with Gasteiger partial charge in [-0.05, 0) is 76.2 Å². The van der Waals surface area contributed by atoms with Crippen molar-refractivity contribution in [3.05, 3.63) is 151 Å². The summed E-state index contributed by atoms with van der Waals surface area (Å²) >= 11 is 0. The molecule has 48 heavy (non-hydrogen) atoms. The Morgan fingerprint density at radius 3 is 2.06 bits per heavy atom. The van der Waals surface area contributed by atoms with E-state index in [-0.39, 0.29) is 0 Å². The second kappa shape index (κ2) is 11.6. The third kappa shape index (κ3) is 4.99. The first kappa shape index (κ1) is 28.1. The monoisotopic (exact) mass is 616 g/mol. The van der Waals surface area contributed by atoms with Gasteiger partial charge in [-0.15, -0.1) is 0 Å². The molecule has 4 heterocycles. The van der Waals surface area contributed by atoms with Gasteiger partial charge in [0.25, 0.3) is 0 Å². The summed E-state index contributed by atoms with van der Waals surface area (Å²) in [5.74, 6) is 0. The smallest absolute Gasteiger partial charge is 0.0945 e. The SMILES string of the molecule is CCc1ccc(-c2ccc3ccc(-c4ccc5nc(-c6ccc(-c7ccnc8c9c(ccc78)C=CCN9)cc6)ccc5c4)cc3n2)cc1. The fourth-order valence-corrected chi connectivity index (χ4v) is 6.81. The minimum Gasteiger partial charge on any atom is -0.379 e. The molecule has 5 aromatic carbocycles. The number of benzene rings is 5. The van der Waals surface area contributed by atoms with E-state index in [9.17, 15) is 0 Å². The van der Waals surface area contributed by atoms with Crippen molar-refractivity contribution >= 4 is 44.5 Å². The van der Waals surface area contributed by atoms with E-state index in [1.807, 2.05) is 6.20 Å². The van der Waals surface area contributed by atoms with Crippen LogP contribution in [0.15, 0.2) is 140 Å². The zero-order valence-corrected chi connectivity index (χ0v) is 26.6. The number of hydrogen-bond donors (Lipinski definition) is 1. The number of hydrogen-bond acceptors (Lipinski definition) is 4. The Hall–Kier alpha value is -6.13. The van der Waals surface area contributed by atoms with Crippen molar-refractivity contribution in [3.63, 3.8) is 0 Å². The highest BCUT2D eigenvalue weighted by molar-refractivity contribution is 6.03. The van der Waals surface area contributed by atoms with E-state index >= 15 is 0 Å². The number of pyridine rings is 3. The molecule has 0 atom stereocenters. The van der Waals surface area contributed by atoms with Crippen LogP contribution in [0.5, 0.6) is 0 Å². The lowest BCUT2D eigenvalue weighted by Gasteiger charge is -2.16. The summed E-state index contributed by atoms with van der Waals surface area (Å²) in [4.78, 5) is 14.8. The lowest BCUT2D eigenvalue weighted by molar-refractivity contribution is 1.14. The van der Waals surface area contributed by atoms with Crippen LogP contribution in [0, 0.1) is 0 Å². The standard InChI is InChI=1S/C44H32N4/c1-2-28-5-7-30(8-6-28)40-20-16-32-13-14-35(27-42(32)48-40)34-17-21-41-36(26-34)18-22-39(47-41)31-11-9-29(10-12-31)37-23-25-46-44-38(37)19-15-33-4-3-24-45-43(33)44/h3-23,25-27,45H,2,24H2,1H3. The molecule has 4 heteroatoms. The van der Waals surface area contributed by atoms with E-state index < -0.39 is 0 Å². The van der Waals surface area contributed by atoms with Crippen LogP contribution in [0.25, 0.3) is 83.6 Å². The Bertz CT molecular complexity index is 2530. The first-order valence-corrected chi connectivity index (χ1v) is 16.5. The maximum absolute atomic E-state index is 5.05. The van der Waals surface area contributed by atoms with Gasteiger partial charge in [-0.25, -0.2) is 9.97 Å². The number of aryl methyl sites for hydroxylation is 1. The number of fused-ring (bicyclic) bond motifs is 5. The molecule has 8 aromatic rings. The number of rotatable bonds is 5. The van der Waals surface area contributed by atoms with Crippen molar-refractivity contribution in [1.82, 2.24) is 15.0 Å². The topological polar surface area (TPSA) is 50.7 Å². The number of aromatic nitrogens is 3. The molecule has 0 unspecified atom stereocenters. The molecule has 1 N–H and O–H groups in total. The molecule has 1 aliphatic heterocycles. The van der Waals surface area contributed by atoms with Gasteiger partial charge in [-0.2, -0.15) is 0 Å². The van der Waals surface area contributed by atoms with Gasteiger partial charge in [0.05, 0.1) is 33.6 Å². The molecule has 228 valence electrons. The van der Waals surface area contributed by atoms with Crippen LogP contribution in [0.3, 0.4) is 0 Å². The van der Waals surface area contributed by atoms with Crippen LogP contribution in [0.4, 0.5) is 5.69 Å². The molecule has 0 fully saturated rings. The molecule has 4 nitrogen and oxygen atoms in total. The Labute approximate surface area is 279 Å². The molecule has 0 bridgehead atoms. The van der Waals surface area contributed by atoms with Crippen LogP contribution in [0.1, 0.15) is 18.1 Å². The fourth-order valence-electron chi connectivity index (χ4n) is 6.81. The Morgan fingerprint density at radius 1 is 0.583 bits per heavy atom. The van der Waals surface area contributed by atoms with Crippen molar-refractivity contribution < 1.29 is 0 Å². The summed E-state index contributed by atoms with van der Waals surface area (Å²) in [6.07, 6.45) is 7.24. The van der Waals surface area contributed by atoms with E-state index in [1.54, 1.807) is 0 Å². The van der Waals surface area contributed by atoms with E-state index in [2.05, 4.69) is 152 Å². The van der Waals surface area contributed by atoms with Crippen LogP contribution in [0.2, 0.25) is 0 Å². The molecule has 0 aliphatic carbocycles. The van der Waals surface area contributed by atoms with Crippen LogP contribution >= 0.6 is 0 Å². The van der Waals surface area contributed by atoms with E-state index in [0.717, 1.165) is 90.6 Å².